The molecule has 2 aromatic rings. The fraction of sp³-hybridized carbons (Fsp3) is 0.400. The van der Waals surface area contributed by atoms with Gasteiger partial charge in [0.25, 0.3) is 0 Å². The van der Waals surface area contributed by atoms with Gasteiger partial charge in [-0.1, -0.05) is 42.5 Å². The number of ether oxygens (including phenoxy) is 1. The number of hydrogen-bond donors (Lipinski definition) is 1. The lowest BCUT2D eigenvalue weighted by Gasteiger charge is -2.32. The van der Waals surface area contributed by atoms with Gasteiger partial charge in [-0.3, -0.25) is 0 Å². The number of nitrogens with two attached hydrogens (primary N) is 1. The molecule has 1 fully saturated rings. The molecule has 3 rings (SSSR count). The monoisotopic (exact) mass is 339 g/mol. The molecule has 1 saturated heterocycles. The van der Waals surface area contributed by atoms with Crippen LogP contribution in [0.4, 0.5) is 0 Å². The molecule has 0 radical (unpaired) electrons. The molecule has 1 heterocycles. The summed E-state index contributed by atoms with van der Waals surface area (Å²) in [4.78, 5) is 0. The van der Waals surface area contributed by atoms with Gasteiger partial charge >= 0.3 is 7.12 Å². The molecule has 5 heteroatoms. The van der Waals surface area contributed by atoms with Gasteiger partial charge in [-0.25, -0.2) is 0 Å². The maximum absolute atomic E-state index is 6.41. The van der Waals surface area contributed by atoms with Crippen LogP contribution in [0.3, 0.4) is 0 Å². The molecule has 0 aromatic heterocycles. The minimum Gasteiger partial charge on any atom is -0.489 e. The Hall–Kier alpha value is -1.82. The van der Waals surface area contributed by atoms with Crippen molar-refractivity contribution in [1.82, 2.24) is 0 Å². The van der Waals surface area contributed by atoms with Gasteiger partial charge in [0.05, 0.1) is 17.1 Å². The van der Waals surface area contributed by atoms with Crippen LogP contribution in [0.2, 0.25) is 0 Å². The smallest absolute Gasteiger partial charge is 0.480 e. The number of hydrogen-bond acceptors (Lipinski definition) is 4. The Labute approximate surface area is 150 Å². The predicted octanol–water partition coefficient (Wildman–Crippen LogP) is 3.90. The third kappa shape index (κ3) is 3.89. The third-order valence-corrected chi connectivity index (χ3v) is 5.06. The second-order valence-electron chi connectivity index (χ2n) is 7.50. The largest absolute Gasteiger partial charge is 0.489 e. The van der Waals surface area contributed by atoms with E-state index in [-0.39, 0.29) is 5.94 Å². The molecular weight excluding hydrogens is 313 g/mol. The van der Waals surface area contributed by atoms with Crippen LogP contribution in [0.5, 0.6) is 5.75 Å². The van der Waals surface area contributed by atoms with Gasteiger partial charge in [-0.15, -0.1) is 0 Å². The zero-order valence-corrected chi connectivity index (χ0v) is 15.4. The van der Waals surface area contributed by atoms with E-state index in [1.165, 1.54) is 0 Å². The van der Waals surface area contributed by atoms with Crippen molar-refractivity contribution in [2.24, 2.45) is 5.73 Å². The molecule has 0 aliphatic carbocycles. The van der Waals surface area contributed by atoms with Crippen LogP contribution < -0.4 is 10.5 Å². The van der Waals surface area contributed by atoms with Crippen LogP contribution in [-0.4, -0.2) is 18.3 Å². The lowest BCUT2D eigenvalue weighted by Crippen LogP contribution is -2.41. The first-order valence-corrected chi connectivity index (χ1v) is 8.66. The normalized spacial score (nSPS) is 19.6. The van der Waals surface area contributed by atoms with Crippen molar-refractivity contribution in [3.8, 4) is 5.75 Å². The molecule has 0 spiro atoms. The zero-order chi connectivity index (χ0) is 18.1. The third-order valence-electron chi connectivity index (χ3n) is 5.06. The standard InChI is InChI=1S/C20H26BNO3/c1-19(2)20(3,4)25-21(24-19)18(22)16-11-8-12-17(13-16)23-14-15-9-6-5-7-10-15/h5-13,18H,14,22H2,1-4H3/t18-/m1/s1. The van der Waals surface area contributed by atoms with Crippen molar-refractivity contribution >= 4 is 7.12 Å². The van der Waals surface area contributed by atoms with Crippen LogP contribution in [0.1, 0.15) is 44.8 Å². The Balaban J connectivity index is 1.69. The zero-order valence-electron chi connectivity index (χ0n) is 15.4. The topological polar surface area (TPSA) is 53.7 Å². The lowest BCUT2D eigenvalue weighted by atomic mass is 9.75. The van der Waals surface area contributed by atoms with Crippen LogP contribution in [0.15, 0.2) is 54.6 Å². The first kappa shape index (κ1) is 18.0. The molecule has 2 aromatic carbocycles. The maximum atomic E-state index is 6.41. The van der Waals surface area contributed by atoms with E-state index in [9.17, 15) is 0 Å². The Morgan fingerprint density at radius 1 is 0.960 bits per heavy atom. The van der Waals surface area contributed by atoms with Gasteiger partial charge < -0.3 is 19.8 Å². The van der Waals surface area contributed by atoms with E-state index < -0.39 is 18.3 Å². The average molecular weight is 339 g/mol. The minimum absolute atomic E-state index is 0.374. The first-order valence-electron chi connectivity index (χ1n) is 8.66. The fourth-order valence-corrected chi connectivity index (χ4v) is 2.74. The van der Waals surface area contributed by atoms with Gasteiger partial charge in [0.15, 0.2) is 0 Å². The Bertz CT molecular complexity index is 702. The van der Waals surface area contributed by atoms with Crippen LogP contribution >= 0.6 is 0 Å². The molecule has 1 aliphatic heterocycles. The fourth-order valence-electron chi connectivity index (χ4n) is 2.74. The maximum Gasteiger partial charge on any atom is 0.480 e. The van der Waals surface area contributed by atoms with E-state index in [0.717, 1.165) is 16.9 Å². The summed E-state index contributed by atoms with van der Waals surface area (Å²) in [5.41, 5.74) is 7.69. The molecule has 0 saturated carbocycles. The van der Waals surface area contributed by atoms with E-state index in [2.05, 4.69) is 0 Å². The Morgan fingerprint density at radius 2 is 1.60 bits per heavy atom. The Kier molecular flexibility index (Phi) is 4.91. The molecule has 0 bridgehead atoms. The van der Waals surface area contributed by atoms with Gasteiger partial charge in [0, 0.05) is 0 Å². The van der Waals surface area contributed by atoms with Gasteiger partial charge in [-0.05, 0) is 51.0 Å². The van der Waals surface area contributed by atoms with E-state index in [1.54, 1.807) is 0 Å². The van der Waals surface area contributed by atoms with Gasteiger partial charge in [-0.2, -0.15) is 0 Å². The molecule has 0 unspecified atom stereocenters. The van der Waals surface area contributed by atoms with Crippen LogP contribution in [0, 0.1) is 0 Å². The van der Waals surface area contributed by atoms with Crippen molar-refractivity contribution < 1.29 is 14.0 Å². The summed E-state index contributed by atoms with van der Waals surface area (Å²) >= 11 is 0. The summed E-state index contributed by atoms with van der Waals surface area (Å²) < 4.78 is 18.0. The van der Waals surface area contributed by atoms with Gasteiger partial charge in [0.1, 0.15) is 12.4 Å². The van der Waals surface area contributed by atoms with Crippen molar-refractivity contribution in [2.45, 2.75) is 51.4 Å². The molecule has 0 amide bonds. The summed E-state index contributed by atoms with van der Waals surface area (Å²) in [5.74, 6) is 0.412. The summed E-state index contributed by atoms with van der Waals surface area (Å²) in [6.07, 6.45) is 0. The minimum atomic E-state index is -0.477. The van der Waals surface area contributed by atoms with E-state index in [1.807, 2.05) is 82.3 Å². The van der Waals surface area contributed by atoms with Crippen molar-refractivity contribution in [3.63, 3.8) is 0 Å². The summed E-state index contributed by atoms with van der Waals surface area (Å²) in [6, 6.07) is 17.9. The van der Waals surface area contributed by atoms with Crippen molar-refractivity contribution in [3.05, 3.63) is 65.7 Å². The molecule has 1 aliphatic rings. The van der Waals surface area contributed by atoms with Crippen molar-refractivity contribution in [2.75, 3.05) is 0 Å². The Morgan fingerprint density at radius 3 is 2.24 bits per heavy atom. The number of rotatable bonds is 5. The molecule has 132 valence electrons. The first-order chi connectivity index (χ1) is 11.8. The number of benzene rings is 2. The molecule has 4 nitrogen and oxygen atoms in total. The summed E-state index contributed by atoms with van der Waals surface area (Å²) in [7, 11) is -0.477. The highest BCUT2D eigenvalue weighted by atomic mass is 16.7. The second-order valence-corrected chi connectivity index (χ2v) is 7.50. The summed E-state index contributed by atoms with van der Waals surface area (Å²) in [6.45, 7) is 8.63. The summed E-state index contributed by atoms with van der Waals surface area (Å²) in [5, 5.41) is 0. The molecular formula is C20H26BNO3. The highest BCUT2D eigenvalue weighted by Crippen LogP contribution is 2.39. The molecule has 25 heavy (non-hydrogen) atoms. The molecule has 1 atom stereocenters. The van der Waals surface area contributed by atoms with Gasteiger partial charge in [0.2, 0.25) is 0 Å². The predicted molar refractivity (Wildman–Crippen MR) is 100 cm³/mol. The quantitative estimate of drug-likeness (QED) is 0.840. The van der Waals surface area contributed by atoms with E-state index in [4.69, 9.17) is 19.8 Å². The average Bonchev–Trinajstić information content (AvgIpc) is 2.81. The van der Waals surface area contributed by atoms with Crippen molar-refractivity contribution in [1.29, 1.82) is 0 Å². The lowest BCUT2D eigenvalue weighted by molar-refractivity contribution is 0.00578. The second kappa shape index (κ2) is 6.83. The SMILES string of the molecule is CC1(C)OB([C@H](N)c2cccc(OCc3ccccc3)c2)OC1(C)C. The molecule has 2 N–H and O–H groups in total. The van der Waals surface area contributed by atoms with E-state index in [0.29, 0.717) is 6.61 Å². The highest BCUT2D eigenvalue weighted by Gasteiger charge is 2.53. The van der Waals surface area contributed by atoms with Crippen LogP contribution in [-0.2, 0) is 15.9 Å². The van der Waals surface area contributed by atoms with E-state index >= 15 is 0 Å². The van der Waals surface area contributed by atoms with Crippen LogP contribution in [0.25, 0.3) is 0 Å². The highest BCUT2D eigenvalue weighted by molar-refractivity contribution is 6.47.